The summed E-state index contributed by atoms with van der Waals surface area (Å²) in [5.74, 6) is -0.243. The molecule has 21 heavy (non-hydrogen) atoms. The highest BCUT2D eigenvalue weighted by Crippen LogP contribution is 2.22. The molecule has 0 aliphatic heterocycles. The van der Waals surface area contributed by atoms with E-state index in [1.165, 1.54) is 6.07 Å². The maximum absolute atomic E-state index is 12.2. The third-order valence-electron chi connectivity index (χ3n) is 2.65. The number of pyridine rings is 1. The van der Waals surface area contributed by atoms with Gasteiger partial charge in [-0.2, -0.15) is 5.26 Å². The van der Waals surface area contributed by atoms with Gasteiger partial charge in [-0.25, -0.2) is 13.4 Å². The standard InChI is InChI=1S/C14H12ClN3O2S/c1-10-5-13(14(15)17-8-10)18-21(19,20)9-12-4-2-3-11(6-12)7-16/h2-6,8,18H,9H2,1H3. The molecule has 0 saturated heterocycles. The van der Waals surface area contributed by atoms with Crippen LogP contribution in [-0.4, -0.2) is 13.4 Å². The molecule has 1 aromatic carbocycles. The molecule has 0 saturated carbocycles. The lowest BCUT2D eigenvalue weighted by atomic mass is 10.2. The van der Waals surface area contributed by atoms with Crippen LogP contribution in [0, 0.1) is 18.3 Å². The summed E-state index contributed by atoms with van der Waals surface area (Å²) < 4.78 is 26.7. The van der Waals surface area contributed by atoms with Crippen molar-refractivity contribution in [2.45, 2.75) is 12.7 Å². The zero-order valence-electron chi connectivity index (χ0n) is 11.2. The van der Waals surface area contributed by atoms with E-state index in [0.717, 1.165) is 5.56 Å². The van der Waals surface area contributed by atoms with Crippen molar-refractivity contribution in [2.75, 3.05) is 4.72 Å². The molecule has 0 amide bonds. The molecule has 108 valence electrons. The molecular weight excluding hydrogens is 310 g/mol. The summed E-state index contributed by atoms with van der Waals surface area (Å²) in [6.45, 7) is 1.79. The number of benzene rings is 1. The van der Waals surface area contributed by atoms with Crippen LogP contribution in [0.5, 0.6) is 0 Å². The first kappa shape index (κ1) is 15.3. The maximum atomic E-state index is 12.2. The smallest absolute Gasteiger partial charge is 0.237 e. The van der Waals surface area contributed by atoms with Crippen LogP contribution in [-0.2, 0) is 15.8 Å². The van der Waals surface area contributed by atoms with E-state index in [4.69, 9.17) is 16.9 Å². The number of hydrogen-bond acceptors (Lipinski definition) is 4. The number of rotatable bonds is 4. The fraction of sp³-hybridized carbons (Fsp3) is 0.143. The van der Waals surface area contributed by atoms with Gasteiger partial charge in [-0.15, -0.1) is 0 Å². The molecule has 0 aliphatic carbocycles. The van der Waals surface area contributed by atoms with Crippen LogP contribution < -0.4 is 4.72 Å². The Balaban J connectivity index is 2.22. The Bertz CT molecular complexity index is 813. The zero-order chi connectivity index (χ0) is 15.5. The number of aromatic nitrogens is 1. The Labute approximate surface area is 128 Å². The SMILES string of the molecule is Cc1cnc(Cl)c(NS(=O)(=O)Cc2cccc(C#N)c2)c1. The van der Waals surface area contributed by atoms with Crippen LogP contribution in [0.4, 0.5) is 5.69 Å². The summed E-state index contributed by atoms with van der Waals surface area (Å²) >= 11 is 5.87. The highest BCUT2D eigenvalue weighted by atomic mass is 35.5. The number of aryl methyl sites for hydroxylation is 1. The predicted octanol–water partition coefficient (Wildman–Crippen LogP) is 2.86. The van der Waals surface area contributed by atoms with Crippen molar-refractivity contribution in [3.05, 3.63) is 58.4 Å². The molecule has 1 N–H and O–H groups in total. The molecular formula is C14H12ClN3O2S. The Morgan fingerprint density at radius 3 is 2.86 bits per heavy atom. The number of hydrogen-bond donors (Lipinski definition) is 1. The van der Waals surface area contributed by atoms with Crippen LogP contribution in [0.3, 0.4) is 0 Å². The number of anilines is 1. The molecule has 0 aliphatic rings. The van der Waals surface area contributed by atoms with Gasteiger partial charge in [0.1, 0.15) is 0 Å². The van der Waals surface area contributed by atoms with Gasteiger partial charge in [0.25, 0.3) is 0 Å². The number of nitriles is 1. The first-order valence-electron chi connectivity index (χ1n) is 6.01. The minimum atomic E-state index is -3.64. The third kappa shape index (κ3) is 4.18. The molecule has 0 radical (unpaired) electrons. The molecule has 0 unspecified atom stereocenters. The molecule has 2 aromatic rings. The molecule has 0 atom stereocenters. The van der Waals surface area contributed by atoms with Gasteiger partial charge in [-0.3, -0.25) is 4.72 Å². The molecule has 0 spiro atoms. The van der Waals surface area contributed by atoms with Gasteiger partial charge in [-0.05, 0) is 36.2 Å². The van der Waals surface area contributed by atoms with Gasteiger partial charge in [-0.1, -0.05) is 23.7 Å². The fourth-order valence-corrected chi connectivity index (χ4v) is 3.17. The van der Waals surface area contributed by atoms with Crippen molar-refractivity contribution >= 4 is 27.3 Å². The second-order valence-electron chi connectivity index (χ2n) is 4.52. The summed E-state index contributed by atoms with van der Waals surface area (Å²) in [6.07, 6.45) is 1.55. The molecule has 0 fully saturated rings. The maximum Gasteiger partial charge on any atom is 0.237 e. The largest absolute Gasteiger partial charge is 0.280 e. The van der Waals surface area contributed by atoms with Crippen LogP contribution in [0.25, 0.3) is 0 Å². The second kappa shape index (κ2) is 6.12. The summed E-state index contributed by atoms with van der Waals surface area (Å²) in [5.41, 5.74) is 1.98. The zero-order valence-corrected chi connectivity index (χ0v) is 12.7. The monoisotopic (exact) mass is 321 g/mol. The lowest BCUT2D eigenvalue weighted by molar-refractivity contribution is 0.600. The van der Waals surface area contributed by atoms with Gasteiger partial charge >= 0.3 is 0 Å². The van der Waals surface area contributed by atoms with Gasteiger partial charge < -0.3 is 0 Å². The lowest BCUT2D eigenvalue weighted by Gasteiger charge is -2.10. The van der Waals surface area contributed by atoms with Gasteiger partial charge in [0, 0.05) is 6.20 Å². The third-order valence-corrected chi connectivity index (χ3v) is 4.20. The molecule has 5 nitrogen and oxygen atoms in total. The quantitative estimate of drug-likeness (QED) is 0.878. The topological polar surface area (TPSA) is 82.8 Å². The van der Waals surface area contributed by atoms with Gasteiger partial charge in [0.05, 0.1) is 23.1 Å². The highest BCUT2D eigenvalue weighted by Gasteiger charge is 2.14. The molecule has 2 rings (SSSR count). The first-order chi connectivity index (χ1) is 9.89. The number of sulfonamides is 1. The number of nitrogens with one attached hydrogen (secondary N) is 1. The number of nitrogens with zero attached hydrogens (tertiary/aromatic N) is 2. The molecule has 7 heteroatoms. The van der Waals surface area contributed by atoms with Gasteiger partial charge in [0.2, 0.25) is 10.0 Å². The minimum Gasteiger partial charge on any atom is -0.280 e. The normalized spacial score (nSPS) is 10.9. The van der Waals surface area contributed by atoms with Crippen molar-refractivity contribution in [1.82, 2.24) is 4.98 Å². The summed E-state index contributed by atoms with van der Waals surface area (Å²) in [5, 5.41) is 8.91. The highest BCUT2D eigenvalue weighted by molar-refractivity contribution is 7.91. The van der Waals surface area contributed by atoms with Crippen molar-refractivity contribution in [3.8, 4) is 6.07 Å². The van der Waals surface area contributed by atoms with E-state index >= 15 is 0 Å². The van der Waals surface area contributed by atoms with Crippen molar-refractivity contribution in [1.29, 1.82) is 5.26 Å². The van der Waals surface area contributed by atoms with E-state index in [-0.39, 0.29) is 16.6 Å². The average molecular weight is 322 g/mol. The predicted molar refractivity (Wildman–Crippen MR) is 81.4 cm³/mol. The first-order valence-corrected chi connectivity index (χ1v) is 8.04. The fourth-order valence-electron chi connectivity index (χ4n) is 1.78. The van der Waals surface area contributed by atoms with Crippen molar-refractivity contribution < 1.29 is 8.42 Å². The Hall–Kier alpha value is -2.10. The van der Waals surface area contributed by atoms with Gasteiger partial charge in [0.15, 0.2) is 5.15 Å². The number of halogens is 1. The average Bonchev–Trinajstić information content (AvgIpc) is 2.42. The Kier molecular flexibility index (Phi) is 4.46. The van der Waals surface area contributed by atoms with E-state index in [0.29, 0.717) is 11.1 Å². The molecule has 1 heterocycles. The van der Waals surface area contributed by atoms with Crippen molar-refractivity contribution in [2.24, 2.45) is 0 Å². The van der Waals surface area contributed by atoms with Crippen LogP contribution in [0.1, 0.15) is 16.7 Å². The summed E-state index contributed by atoms with van der Waals surface area (Å²) in [6, 6.07) is 10.0. The van der Waals surface area contributed by atoms with E-state index in [9.17, 15) is 8.42 Å². The lowest BCUT2D eigenvalue weighted by Crippen LogP contribution is -2.15. The Morgan fingerprint density at radius 1 is 1.38 bits per heavy atom. The van der Waals surface area contributed by atoms with E-state index < -0.39 is 10.0 Å². The van der Waals surface area contributed by atoms with Crippen LogP contribution in [0.2, 0.25) is 5.15 Å². The van der Waals surface area contributed by atoms with Crippen LogP contribution in [0.15, 0.2) is 36.5 Å². The van der Waals surface area contributed by atoms with E-state index in [2.05, 4.69) is 9.71 Å². The molecule has 1 aromatic heterocycles. The Morgan fingerprint density at radius 2 is 2.14 bits per heavy atom. The van der Waals surface area contributed by atoms with Crippen LogP contribution >= 0.6 is 11.6 Å². The second-order valence-corrected chi connectivity index (χ2v) is 6.60. The molecule has 0 bridgehead atoms. The van der Waals surface area contributed by atoms with E-state index in [1.807, 2.05) is 6.07 Å². The van der Waals surface area contributed by atoms with E-state index in [1.54, 1.807) is 37.4 Å². The summed E-state index contributed by atoms with van der Waals surface area (Å²) in [4.78, 5) is 3.89. The minimum absolute atomic E-state index is 0.0925. The van der Waals surface area contributed by atoms with Crippen molar-refractivity contribution in [3.63, 3.8) is 0 Å². The summed E-state index contributed by atoms with van der Waals surface area (Å²) in [7, 11) is -3.64.